The second kappa shape index (κ2) is 6.23. The fourth-order valence-corrected chi connectivity index (χ4v) is 2.34. The maximum absolute atomic E-state index is 12.0. The highest BCUT2D eigenvalue weighted by Gasteiger charge is 2.11. The van der Waals surface area contributed by atoms with Gasteiger partial charge in [-0.15, -0.1) is 0 Å². The molecule has 0 radical (unpaired) electrons. The van der Waals surface area contributed by atoms with Gasteiger partial charge < -0.3 is 10.4 Å². The van der Waals surface area contributed by atoms with Gasteiger partial charge in [-0.25, -0.2) is 4.79 Å². The number of anilines is 1. The molecule has 2 aromatic carbocycles. The quantitative estimate of drug-likeness (QED) is 0.767. The molecular formula is C14H9ClINO3. The van der Waals surface area contributed by atoms with Gasteiger partial charge in [0.2, 0.25) is 0 Å². The largest absolute Gasteiger partial charge is 0.478 e. The van der Waals surface area contributed by atoms with Gasteiger partial charge in [0.1, 0.15) is 0 Å². The van der Waals surface area contributed by atoms with Crippen molar-refractivity contribution in [1.29, 1.82) is 0 Å². The van der Waals surface area contributed by atoms with Gasteiger partial charge in [-0.2, -0.15) is 0 Å². The van der Waals surface area contributed by atoms with E-state index < -0.39 is 5.97 Å². The maximum Gasteiger partial charge on any atom is 0.335 e. The Bertz CT molecular complexity index is 688. The second-order valence-electron chi connectivity index (χ2n) is 3.96. The average Bonchev–Trinajstić information content (AvgIpc) is 2.40. The van der Waals surface area contributed by atoms with E-state index in [1.54, 1.807) is 18.2 Å². The Morgan fingerprint density at radius 1 is 1.10 bits per heavy atom. The third kappa shape index (κ3) is 3.49. The molecule has 0 aliphatic heterocycles. The molecule has 6 heteroatoms. The number of carboxylic acids is 1. The number of aromatic carboxylic acids is 1. The van der Waals surface area contributed by atoms with Crippen LogP contribution in [0.25, 0.3) is 0 Å². The van der Waals surface area contributed by atoms with E-state index in [1.165, 1.54) is 18.2 Å². The van der Waals surface area contributed by atoms with Crippen LogP contribution in [-0.4, -0.2) is 17.0 Å². The van der Waals surface area contributed by atoms with Crippen molar-refractivity contribution in [1.82, 2.24) is 0 Å². The third-order valence-electron chi connectivity index (χ3n) is 2.55. The fraction of sp³-hybridized carbons (Fsp3) is 0. The zero-order valence-corrected chi connectivity index (χ0v) is 13.0. The van der Waals surface area contributed by atoms with Gasteiger partial charge in [-0.3, -0.25) is 4.79 Å². The summed E-state index contributed by atoms with van der Waals surface area (Å²) < 4.78 is 0.947. The van der Waals surface area contributed by atoms with Crippen LogP contribution < -0.4 is 5.32 Å². The predicted molar refractivity (Wildman–Crippen MR) is 85.5 cm³/mol. The molecule has 0 atom stereocenters. The molecule has 0 unspecified atom stereocenters. The summed E-state index contributed by atoms with van der Waals surface area (Å²) >= 11 is 8.07. The van der Waals surface area contributed by atoms with E-state index in [-0.39, 0.29) is 16.5 Å². The van der Waals surface area contributed by atoms with Crippen LogP contribution in [0.4, 0.5) is 5.69 Å². The van der Waals surface area contributed by atoms with Gasteiger partial charge in [-0.05, 0) is 59.0 Å². The molecule has 2 rings (SSSR count). The minimum absolute atomic E-state index is 0.0715. The molecule has 2 N–H and O–H groups in total. The summed E-state index contributed by atoms with van der Waals surface area (Å²) in [5.74, 6) is -1.36. The van der Waals surface area contributed by atoms with Crippen LogP contribution >= 0.6 is 34.2 Å². The number of hydrogen-bond acceptors (Lipinski definition) is 2. The topological polar surface area (TPSA) is 66.4 Å². The Morgan fingerprint density at radius 3 is 2.45 bits per heavy atom. The highest BCUT2D eigenvalue weighted by atomic mass is 127. The van der Waals surface area contributed by atoms with Crippen LogP contribution in [0.15, 0.2) is 42.5 Å². The summed E-state index contributed by atoms with van der Waals surface area (Å²) in [5, 5.41) is 11.7. The number of amides is 1. The summed E-state index contributed by atoms with van der Waals surface area (Å²) in [6.07, 6.45) is 0. The highest BCUT2D eigenvalue weighted by molar-refractivity contribution is 14.1. The molecule has 0 aliphatic carbocycles. The Morgan fingerprint density at radius 2 is 1.85 bits per heavy atom. The van der Waals surface area contributed by atoms with Crippen molar-refractivity contribution in [3.05, 3.63) is 62.2 Å². The Kier molecular flexibility index (Phi) is 4.61. The van der Waals surface area contributed by atoms with Gasteiger partial charge in [0, 0.05) is 9.13 Å². The van der Waals surface area contributed by atoms with Crippen molar-refractivity contribution in [2.45, 2.75) is 0 Å². The number of carbonyl (C=O) groups excluding carboxylic acids is 1. The van der Waals surface area contributed by atoms with Crippen LogP contribution in [-0.2, 0) is 0 Å². The molecule has 0 bridgehead atoms. The lowest BCUT2D eigenvalue weighted by Crippen LogP contribution is -2.12. The van der Waals surface area contributed by atoms with Gasteiger partial charge in [0.15, 0.2) is 0 Å². The third-order valence-corrected chi connectivity index (χ3v) is 3.53. The smallest absolute Gasteiger partial charge is 0.335 e. The van der Waals surface area contributed by atoms with Gasteiger partial charge in [0.25, 0.3) is 5.91 Å². The van der Waals surface area contributed by atoms with E-state index in [4.69, 9.17) is 16.7 Å². The normalized spacial score (nSPS) is 10.1. The molecule has 0 heterocycles. The number of carboxylic acid groups (broad SMARTS) is 1. The van der Waals surface area contributed by atoms with Gasteiger partial charge in [-0.1, -0.05) is 17.7 Å². The van der Waals surface area contributed by atoms with E-state index in [9.17, 15) is 9.59 Å². The molecule has 2 aromatic rings. The molecule has 0 aromatic heterocycles. The minimum atomic E-state index is -1.07. The first kappa shape index (κ1) is 14.8. The molecule has 0 saturated heterocycles. The zero-order valence-electron chi connectivity index (χ0n) is 10.1. The molecule has 1 amide bonds. The molecule has 102 valence electrons. The first-order chi connectivity index (χ1) is 9.47. The van der Waals surface area contributed by atoms with E-state index in [0.717, 1.165) is 3.57 Å². The standard InChI is InChI=1S/C14H9ClINO3/c15-11-7-9(14(19)20)4-5-12(11)17-13(18)8-2-1-3-10(16)6-8/h1-7H,(H,17,18)(H,19,20). The first-order valence-corrected chi connectivity index (χ1v) is 7.03. The van der Waals surface area contributed by atoms with Crippen molar-refractivity contribution >= 4 is 51.8 Å². The van der Waals surface area contributed by atoms with Crippen molar-refractivity contribution in [3.63, 3.8) is 0 Å². The fourth-order valence-electron chi connectivity index (χ4n) is 1.57. The summed E-state index contributed by atoms with van der Waals surface area (Å²) in [6, 6.07) is 11.3. The SMILES string of the molecule is O=C(O)c1ccc(NC(=O)c2cccc(I)c2)c(Cl)c1. The van der Waals surface area contributed by atoms with Crippen LogP contribution in [0.5, 0.6) is 0 Å². The summed E-state index contributed by atoms with van der Waals surface area (Å²) in [7, 11) is 0. The molecule has 0 aliphatic rings. The van der Waals surface area contributed by atoms with Crippen molar-refractivity contribution < 1.29 is 14.7 Å². The average molecular weight is 402 g/mol. The predicted octanol–water partition coefficient (Wildman–Crippen LogP) is 3.90. The summed E-state index contributed by atoms with van der Waals surface area (Å²) in [4.78, 5) is 22.8. The van der Waals surface area contributed by atoms with Crippen molar-refractivity contribution in [2.75, 3.05) is 5.32 Å². The highest BCUT2D eigenvalue weighted by Crippen LogP contribution is 2.24. The Balaban J connectivity index is 2.22. The summed E-state index contributed by atoms with van der Waals surface area (Å²) in [6.45, 7) is 0. The molecular weight excluding hydrogens is 393 g/mol. The van der Waals surface area contributed by atoms with Crippen LogP contribution in [0.3, 0.4) is 0 Å². The Labute approximate surface area is 133 Å². The number of nitrogens with one attached hydrogen (secondary N) is 1. The Hall–Kier alpha value is -1.60. The van der Waals surface area contributed by atoms with E-state index in [2.05, 4.69) is 27.9 Å². The summed E-state index contributed by atoms with van der Waals surface area (Å²) in [5.41, 5.74) is 0.957. The number of carbonyl (C=O) groups is 2. The van der Waals surface area contributed by atoms with Crippen LogP contribution in [0, 0.1) is 3.57 Å². The van der Waals surface area contributed by atoms with E-state index >= 15 is 0 Å². The maximum atomic E-state index is 12.0. The van der Waals surface area contributed by atoms with Gasteiger partial charge >= 0.3 is 5.97 Å². The van der Waals surface area contributed by atoms with Crippen molar-refractivity contribution in [3.8, 4) is 0 Å². The van der Waals surface area contributed by atoms with E-state index in [0.29, 0.717) is 11.3 Å². The monoisotopic (exact) mass is 401 g/mol. The number of hydrogen-bond donors (Lipinski definition) is 2. The van der Waals surface area contributed by atoms with Gasteiger partial charge in [0.05, 0.1) is 16.3 Å². The lowest BCUT2D eigenvalue weighted by molar-refractivity contribution is 0.0696. The lowest BCUT2D eigenvalue weighted by atomic mass is 10.2. The number of halogens is 2. The lowest BCUT2D eigenvalue weighted by Gasteiger charge is -2.08. The molecule has 20 heavy (non-hydrogen) atoms. The zero-order chi connectivity index (χ0) is 14.7. The van der Waals surface area contributed by atoms with E-state index in [1.807, 2.05) is 6.07 Å². The molecule has 0 spiro atoms. The van der Waals surface area contributed by atoms with Crippen LogP contribution in [0.2, 0.25) is 5.02 Å². The second-order valence-corrected chi connectivity index (χ2v) is 5.62. The number of rotatable bonds is 3. The molecule has 0 saturated carbocycles. The minimum Gasteiger partial charge on any atom is -0.478 e. The first-order valence-electron chi connectivity index (χ1n) is 5.57. The molecule has 0 fully saturated rings. The van der Waals surface area contributed by atoms with Crippen LogP contribution in [0.1, 0.15) is 20.7 Å². The molecule has 4 nitrogen and oxygen atoms in total. The number of benzene rings is 2. The van der Waals surface area contributed by atoms with Crippen molar-refractivity contribution in [2.24, 2.45) is 0 Å².